The van der Waals surface area contributed by atoms with Crippen molar-refractivity contribution in [2.75, 3.05) is 18.0 Å². The second kappa shape index (κ2) is 9.32. The van der Waals surface area contributed by atoms with Crippen LogP contribution < -0.4 is 4.90 Å². The Morgan fingerprint density at radius 3 is 2.12 bits per heavy atom. The summed E-state index contributed by atoms with van der Waals surface area (Å²) in [4.78, 5) is 14.7. The van der Waals surface area contributed by atoms with Gasteiger partial charge in [-0.05, 0) is 57.9 Å². The molecule has 32 heavy (non-hydrogen) atoms. The first-order valence-electron chi connectivity index (χ1n) is 10.9. The van der Waals surface area contributed by atoms with Gasteiger partial charge >= 0.3 is 0 Å². The lowest BCUT2D eigenvalue weighted by atomic mass is 10.0. The van der Waals surface area contributed by atoms with Crippen LogP contribution in [0.15, 0.2) is 42.5 Å². The quantitative estimate of drug-likeness (QED) is 0.590. The van der Waals surface area contributed by atoms with Gasteiger partial charge in [0.25, 0.3) is 0 Å². The molecule has 1 aliphatic rings. The number of benzene rings is 2. The maximum absolute atomic E-state index is 14.8. The van der Waals surface area contributed by atoms with E-state index >= 15 is 0 Å². The number of ketones is 1. The Hall–Kier alpha value is -2.25. The van der Waals surface area contributed by atoms with Crippen molar-refractivity contribution < 1.29 is 22.3 Å². The number of nitrogens with zero attached hydrogens (tertiary/aromatic N) is 1. The second-order valence-electron chi connectivity index (χ2n) is 9.62. The van der Waals surface area contributed by atoms with Crippen LogP contribution in [0.4, 0.5) is 10.1 Å². The Labute approximate surface area is 190 Å². The third-order valence-electron chi connectivity index (χ3n) is 5.70. The minimum absolute atomic E-state index is 0.0285. The van der Waals surface area contributed by atoms with E-state index in [-0.39, 0.29) is 36.0 Å². The van der Waals surface area contributed by atoms with Crippen LogP contribution in [0.2, 0.25) is 0 Å². The number of halogens is 1. The lowest BCUT2D eigenvalue weighted by Crippen LogP contribution is -2.45. The van der Waals surface area contributed by atoms with Crippen molar-refractivity contribution in [1.29, 1.82) is 0 Å². The van der Waals surface area contributed by atoms with Crippen LogP contribution in [0, 0.1) is 5.82 Å². The van der Waals surface area contributed by atoms with Gasteiger partial charge in [-0.2, -0.15) is 0 Å². The van der Waals surface area contributed by atoms with E-state index in [1.54, 1.807) is 57.2 Å². The summed E-state index contributed by atoms with van der Waals surface area (Å²) in [6, 6.07) is 11.5. The fourth-order valence-corrected chi connectivity index (χ4v) is 4.87. The minimum atomic E-state index is -3.30. The van der Waals surface area contributed by atoms with Gasteiger partial charge in [-0.1, -0.05) is 30.3 Å². The van der Waals surface area contributed by atoms with E-state index in [0.29, 0.717) is 35.5 Å². The summed E-state index contributed by atoms with van der Waals surface area (Å²) in [5, 5.41) is 0. The molecule has 2 aromatic rings. The van der Waals surface area contributed by atoms with Gasteiger partial charge in [-0.15, -0.1) is 0 Å². The normalized spacial score (nSPS) is 19.8. The maximum atomic E-state index is 14.8. The number of Topliss-reactive ketones (excluding diaryl/α,β-unsaturated/α-hetero) is 1. The number of hydrogen-bond acceptors (Lipinski definition) is 5. The Morgan fingerprint density at radius 2 is 1.59 bits per heavy atom. The Kier molecular flexibility index (Phi) is 7.10. The fraction of sp³-hybridized carbons (Fsp3) is 0.480. The Morgan fingerprint density at radius 1 is 1.03 bits per heavy atom. The third kappa shape index (κ3) is 5.75. The molecule has 0 bridgehead atoms. The van der Waals surface area contributed by atoms with Crippen LogP contribution in [0.5, 0.6) is 0 Å². The van der Waals surface area contributed by atoms with Gasteiger partial charge in [0, 0.05) is 25.1 Å². The topological polar surface area (TPSA) is 63.7 Å². The first kappa shape index (κ1) is 24.4. The molecule has 3 rings (SSSR count). The molecule has 1 fully saturated rings. The molecule has 1 saturated heterocycles. The highest BCUT2D eigenvalue weighted by molar-refractivity contribution is 7.91. The van der Waals surface area contributed by atoms with Crippen molar-refractivity contribution in [3.8, 4) is 0 Å². The first-order valence-corrected chi connectivity index (χ1v) is 12.5. The van der Waals surface area contributed by atoms with Crippen LogP contribution in [0.3, 0.4) is 0 Å². The molecule has 2 aromatic carbocycles. The molecule has 0 amide bonds. The van der Waals surface area contributed by atoms with Crippen molar-refractivity contribution in [2.45, 2.75) is 63.7 Å². The monoisotopic (exact) mass is 461 g/mol. The van der Waals surface area contributed by atoms with E-state index in [0.717, 1.165) is 0 Å². The van der Waals surface area contributed by atoms with Crippen molar-refractivity contribution in [2.24, 2.45) is 0 Å². The van der Waals surface area contributed by atoms with Crippen molar-refractivity contribution in [3.63, 3.8) is 0 Å². The Bertz CT molecular complexity index is 1060. The van der Waals surface area contributed by atoms with E-state index in [4.69, 9.17) is 4.74 Å². The van der Waals surface area contributed by atoms with Gasteiger partial charge in [0.15, 0.2) is 15.6 Å². The largest absolute Gasteiger partial charge is 0.372 e. The highest BCUT2D eigenvalue weighted by Crippen LogP contribution is 2.25. The van der Waals surface area contributed by atoms with E-state index in [1.807, 2.05) is 18.7 Å². The van der Waals surface area contributed by atoms with Crippen LogP contribution in [-0.4, -0.2) is 44.2 Å². The first-order chi connectivity index (χ1) is 14.9. The Balaban J connectivity index is 1.67. The van der Waals surface area contributed by atoms with E-state index in [2.05, 4.69) is 0 Å². The molecule has 0 aromatic heterocycles. The van der Waals surface area contributed by atoms with Crippen molar-refractivity contribution in [3.05, 3.63) is 65.0 Å². The predicted molar refractivity (Wildman–Crippen MR) is 125 cm³/mol. The summed E-state index contributed by atoms with van der Waals surface area (Å²) >= 11 is 0. The molecule has 0 saturated carbocycles. The second-order valence-corrected chi connectivity index (χ2v) is 12.4. The van der Waals surface area contributed by atoms with Gasteiger partial charge in [0.1, 0.15) is 5.82 Å². The van der Waals surface area contributed by atoms with Crippen LogP contribution in [0.1, 0.15) is 56.1 Å². The summed E-state index contributed by atoms with van der Waals surface area (Å²) in [6.07, 6.45) is 0.133. The molecule has 1 heterocycles. The van der Waals surface area contributed by atoms with Crippen LogP contribution in [-0.2, 0) is 26.7 Å². The number of anilines is 1. The van der Waals surface area contributed by atoms with Gasteiger partial charge in [0.2, 0.25) is 0 Å². The molecule has 0 radical (unpaired) electrons. The highest BCUT2D eigenvalue weighted by atomic mass is 32.2. The number of morpholine rings is 1. The zero-order chi connectivity index (χ0) is 23.7. The predicted octanol–water partition coefficient (Wildman–Crippen LogP) is 4.58. The lowest BCUT2D eigenvalue weighted by molar-refractivity contribution is -0.00539. The molecule has 5 nitrogen and oxygen atoms in total. The highest BCUT2D eigenvalue weighted by Gasteiger charge is 2.29. The molecule has 0 aliphatic carbocycles. The van der Waals surface area contributed by atoms with Crippen LogP contribution in [0.25, 0.3) is 0 Å². The summed E-state index contributed by atoms with van der Waals surface area (Å²) < 4.78 is 44.4. The van der Waals surface area contributed by atoms with Gasteiger partial charge in [-0.25, -0.2) is 12.8 Å². The molecule has 0 unspecified atom stereocenters. The molecule has 0 spiro atoms. The third-order valence-corrected chi connectivity index (χ3v) is 8.28. The van der Waals surface area contributed by atoms with E-state index in [1.165, 1.54) is 6.07 Å². The summed E-state index contributed by atoms with van der Waals surface area (Å²) in [7, 11) is -3.30. The number of hydrogen-bond donors (Lipinski definition) is 0. The number of carbonyl (C=O) groups excluding carboxylic acids is 1. The SMILES string of the molecule is C[C@@H]1CN(c2ccc(CC(=O)c3ccc(CS(=O)(=O)C(C)(C)C)cc3)cc2F)C[C@H](C)O1. The zero-order valence-electron chi connectivity index (χ0n) is 19.4. The summed E-state index contributed by atoms with van der Waals surface area (Å²) in [5.41, 5.74) is 2.24. The van der Waals surface area contributed by atoms with Gasteiger partial charge in [-0.3, -0.25) is 4.79 Å². The van der Waals surface area contributed by atoms with E-state index in [9.17, 15) is 17.6 Å². The summed E-state index contributed by atoms with van der Waals surface area (Å²) in [5.74, 6) is -0.563. The molecule has 174 valence electrons. The molecule has 1 aliphatic heterocycles. The fourth-order valence-electron chi connectivity index (χ4n) is 3.80. The van der Waals surface area contributed by atoms with Gasteiger partial charge < -0.3 is 9.64 Å². The maximum Gasteiger partial charge on any atom is 0.167 e. The molecule has 2 atom stereocenters. The number of ether oxygens (including phenoxy) is 1. The van der Waals surface area contributed by atoms with Crippen LogP contribution >= 0.6 is 0 Å². The molecule has 7 heteroatoms. The minimum Gasteiger partial charge on any atom is -0.372 e. The number of sulfone groups is 1. The molecular weight excluding hydrogens is 429 g/mol. The van der Waals surface area contributed by atoms with Gasteiger partial charge in [0.05, 0.1) is 28.4 Å². The number of carbonyl (C=O) groups is 1. The molecular formula is C25H32FNO4S. The van der Waals surface area contributed by atoms with Crippen molar-refractivity contribution in [1.82, 2.24) is 0 Å². The zero-order valence-corrected chi connectivity index (χ0v) is 20.2. The van der Waals surface area contributed by atoms with Crippen molar-refractivity contribution >= 4 is 21.3 Å². The lowest BCUT2D eigenvalue weighted by Gasteiger charge is -2.37. The average molecular weight is 462 g/mol. The molecule has 0 N–H and O–H groups in total. The average Bonchev–Trinajstić information content (AvgIpc) is 2.66. The number of rotatable bonds is 6. The van der Waals surface area contributed by atoms with E-state index < -0.39 is 14.6 Å². The summed E-state index contributed by atoms with van der Waals surface area (Å²) in [6.45, 7) is 10.2. The smallest absolute Gasteiger partial charge is 0.167 e. The standard InChI is InChI=1S/C25H32FNO4S/c1-17-14-27(15-18(2)31-17)23-11-8-20(12-22(23)26)13-24(28)21-9-6-19(7-10-21)16-32(29,30)25(3,4)5/h6-12,17-18H,13-16H2,1-5H3/t17-,18+.